The van der Waals surface area contributed by atoms with Crippen LogP contribution in [0.5, 0.6) is 0 Å². The highest BCUT2D eigenvalue weighted by Gasteiger charge is 1.61. The molecule has 0 fully saturated rings. The van der Waals surface area contributed by atoms with Crippen LogP contribution in [0.25, 0.3) is 0 Å². The summed E-state index contributed by atoms with van der Waals surface area (Å²) < 4.78 is 3.51. The van der Waals surface area contributed by atoms with Crippen molar-refractivity contribution in [3.05, 3.63) is 11.6 Å². The molecule has 0 saturated heterocycles. The van der Waals surface area contributed by atoms with Crippen LogP contribution >= 0.6 is 11.5 Å². The lowest BCUT2D eigenvalue weighted by atomic mass is 11.1. The lowest BCUT2D eigenvalue weighted by Crippen LogP contribution is -2.18. The first kappa shape index (κ1) is 7.83. The molecule has 1 heterocycles. The van der Waals surface area contributed by atoms with Gasteiger partial charge >= 0.3 is 6.03 Å². The first-order valence-electron chi connectivity index (χ1n) is 1.99. The van der Waals surface area contributed by atoms with E-state index in [1.165, 1.54) is 11.5 Å². The Morgan fingerprint density at radius 3 is 2.22 bits per heavy atom. The fourth-order valence-corrected chi connectivity index (χ4v) is 0.408. The molecule has 50 valence electrons. The standard InChI is InChI=1S/C2H2N2S.CH4N2O/c1-2-5-4-3-1;2-1(3)4/h1-2H;(H4,2,3,4). The van der Waals surface area contributed by atoms with Gasteiger partial charge in [-0.25, -0.2) is 4.79 Å². The Labute approximate surface area is 55.8 Å². The molecule has 0 radical (unpaired) electrons. The number of amides is 2. The second-order valence-electron chi connectivity index (χ2n) is 0.990. The van der Waals surface area contributed by atoms with Crippen LogP contribution < -0.4 is 11.5 Å². The van der Waals surface area contributed by atoms with Gasteiger partial charge in [-0.3, -0.25) is 0 Å². The molecular weight excluding hydrogens is 140 g/mol. The Morgan fingerprint density at radius 2 is 2.11 bits per heavy atom. The predicted molar refractivity (Wildman–Crippen MR) is 33.7 cm³/mol. The number of rotatable bonds is 0. The Hall–Kier alpha value is -1.17. The third-order valence-electron chi connectivity index (χ3n) is 0.283. The minimum atomic E-state index is -0.833. The molecule has 4 N–H and O–H groups in total. The maximum absolute atomic E-state index is 9.00. The molecule has 0 aliphatic carbocycles. The molecular formula is C3H6N4OS. The van der Waals surface area contributed by atoms with Crippen molar-refractivity contribution in [1.29, 1.82) is 0 Å². The first-order chi connectivity index (χ1) is 4.23. The van der Waals surface area contributed by atoms with Gasteiger partial charge in [0.15, 0.2) is 0 Å². The van der Waals surface area contributed by atoms with Gasteiger partial charge in [-0.05, 0) is 11.5 Å². The quantitative estimate of drug-likeness (QED) is 0.519. The van der Waals surface area contributed by atoms with Gasteiger partial charge in [0.05, 0.1) is 6.20 Å². The molecule has 0 aliphatic rings. The second kappa shape index (κ2) is 4.98. The van der Waals surface area contributed by atoms with Gasteiger partial charge in [0.25, 0.3) is 0 Å². The van der Waals surface area contributed by atoms with E-state index < -0.39 is 6.03 Å². The molecule has 0 saturated carbocycles. The summed E-state index contributed by atoms with van der Waals surface area (Å²) in [5.74, 6) is 0. The molecule has 0 spiro atoms. The van der Waals surface area contributed by atoms with E-state index in [0.29, 0.717) is 0 Å². The molecule has 0 aromatic carbocycles. The number of nitrogens with zero attached hydrogens (tertiary/aromatic N) is 2. The van der Waals surface area contributed by atoms with Crippen molar-refractivity contribution >= 4 is 17.6 Å². The second-order valence-corrected chi connectivity index (χ2v) is 1.64. The van der Waals surface area contributed by atoms with Gasteiger partial charge < -0.3 is 11.5 Å². The van der Waals surface area contributed by atoms with E-state index >= 15 is 0 Å². The molecule has 0 aliphatic heterocycles. The average Bonchev–Trinajstić information content (AvgIpc) is 2.11. The van der Waals surface area contributed by atoms with Gasteiger partial charge in [0.2, 0.25) is 0 Å². The minimum absolute atomic E-state index is 0.833. The molecule has 1 aromatic heterocycles. The molecule has 0 atom stereocenters. The summed E-state index contributed by atoms with van der Waals surface area (Å²) in [7, 11) is 0. The Kier molecular flexibility index (Phi) is 4.33. The Bertz CT molecular complexity index is 130. The molecule has 0 unspecified atom stereocenters. The molecule has 1 aromatic rings. The highest BCUT2D eigenvalue weighted by molar-refractivity contribution is 7.03. The van der Waals surface area contributed by atoms with Crippen molar-refractivity contribution in [1.82, 2.24) is 9.59 Å². The molecule has 9 heavy (non-hydrogen) atoms. The Morgan fingerprint density at radius 1 is 1.56 bits per heavy atom. The highest BCUT2D eigenvalue weighted by Crippen LogP contribution is 1.78. The van der Waals surface area contributed by atoms with E-state index in [-0.39, 0.29) is 0 Å². The fourth-order valence-electron chi connectivity index (χ4n) is 0.136. The number of aromatic nitrogens is 2. The number of urea groups is 1. The number of carbonyl (C=O) groups is 1. The van der Waals surface area contributed by atoms with E-state index in [9.17, 15) is 0 Å². The van der Waals surface area contributed by atoms with Crippen LogP contribution in [-0.2, 0) is 0 Å². The molecule has 5 nitrogen and oxygen atoms in total. The number of hydrogen-bond acceptors (Lipinski definition) is 4. The zero-order valence-corrected chi connectivity index (χ0v) is 5.34. The lowest BCUT2D eigenvalue weighted by molar-refractivity contribution is 0.256. The van der Waals surface area contributed by atoms with Gasteiger partial charge in [0.1, 0.15) is 0 Å². The predicted octanol–water partition coefficient (Wildman–Crippen LogP) is -0.438. The minimum Gasteiger partial charge on any atom is -0.352 e. The number of nitrogens with two attached hydrogens (primary N) is 2. The fraction of sp³-hybridized carbons (Fsp3) is 0. The third kappa shape index (κ3) is 10.9. The van der Waals surface area contributed by atoms with E-state index in [4.69, 9.17) is 4.79 Å². The maximum Gasteiger partial charge on any atom is 0.309 e. The van der Waals surface area contributed by atoms with Crippen molar-refractivity contribution in [2.45, 2.75) is 0 Å². The molecule has 6 heteroatoms. The number of primary amides is 2. The van der Waals surface area contributed by atoms with Gasteiger partial charge in [-0.15, -0.1) is 5.10 Å². The Balaban J connectivity index is 0.000000148. The summed E-state index contributed by atoms with van der Waals surface area (Å²) in [6, 6.07) is -0.833. The van der Waals surface area contributed by atoms with Crippen LogP contribution in [0.4, 0.5) is 4.79 Å². The summed E-state index contributed by atoms with van der Waals surface area (Å²) in [6.45, 7) is 0. The van der Waals surface area contributed by atoms with Crippen molar-refractivity contribution in [3.8, 4) is 0 Å². The number of carbonyl (C=O) groups excluding carboxylic acids is 1. The SMILES string of the molecule is NC(N)=O.c1csnn1. The van der Waals surface area contributed by atoms with Gasteiger partial charge in [-0.1, -0.05) is 4.49 Å². The average molecular weight is 146 g/mol. The normalized spacial score (nSPS) is 7.11. The largest absolute Gasteiger partial charge is 0.352 e. The van der Waals surface area contributed by atoms with Crippen LogP contribution in [-0.4, -0.2) is 15.6 Å². The third-order valence-corrected chi connectivity index (χ3v) is 0.715. The smallest absolute Gasteiger partial charge is 0.309 e. The molecule has 1 rings (SSSR count). The summed E-state index contributed by atoms with van der Waals surface area (Å²) in [5, 5.41) is 5.31. The van der Waals surface area contributed by atoms with E-state index in [0.717, 1.165) is 0 Å². The van der Waals surface area contributed by atoms with Crippen LogP contribution in [0.15, 0.2) is 11.6 Å². The van der Waals surface area contributed by atoms with Crippen LogP contribution in [0.3, 0.4) is 0 Å². The lowest BCUT2D eigenvalue weighted by Gasteiger charge is -1.62. The zero-order chi connectivity index (χ0) is 7.11. The van der Waals surface area contributed by atoms with E-state index in [2.05, 4.69) is 21.1 Å². The summed E-state index contributed by atoms with van der Waals surface area (Å²) in [6.07, 6.45) is 1.66. The van der Waals surface area contributed by atoms with Crippen LogP contribution in [0.1, 0.15) is 0 Å². The van der Waals surface area contributed by atoms with Crippen molar-refractivity contribution in [2.24, 2.45) is 11.5 Å². The highest BCUT2D eigenvalue weighted by atomic mass is 32.1. The van der Waals surface area contributed by atoms with Crippen molar-refractivity contribution in [2.75, 3.05) is 0 Å². The van der Waals surface area contributed by atoms with Crippen molar-refractivity contribution in [3.63, 3.8) is 0 Å². The monoisotopic (exact) mass is 146 g/mol. The van der Waals surface area contributed by atoms with E-state index in [1.54, 1.807) is 6.20 Å². The van der Waals surface area contributed by atoms with Crippen molar-refractivity contribution < 1.29 is 4.79 Å². The number of hydrogen-bond donors (Lipinski definition) is 2. The molecule has 2 amide bonds. The maximum atomic E-state index is 9.00. The summed E-state index contributed by atoms with van der Waals surface area (Å²) in [4.78, 5) is 9.00. The topological polar surface area (TPSA) is 94.9 Å². The molecule has 0 bridgehead atoms. The zero-order valence-electron chi connectivity index (χ0n) is 4.52. The summed E-state index contributed by atoms with van der Waals surface area (Å²) >= 11 is 1.35. The van der Waals surface area contributed by atoms with Gasteiger partial charge in [-0.2, -0.15) is 0 Å². The van der Waals surface area contributed by atoms with Crippen LogP contribution in [0.2, 0.25) is 0 Å². The first-order valence-corrected chi connectivity index (χ1v) is 2.83. The van der Waals surface area contributed by atoms with Gasteiger partial charge in [0, 0.05) is 5.38 Å². The summed E-state index contributed by atoms with van der Waals surface area (Å²) in [5.41, 5.74) is 8.50. The van der Waals surface area contributed by atoms with Crippen LogP contribution in [0, 0.1) is 0 Å². The van der Waals surface area contributed by atoms with E-state index in [1.807, 2.05) is 5.38 Å².